The van der Waals surface area contributed by atoms with E-state index in [1.165, 1.54) is 0 Å². The Kier molecular flexibility index (Phi) is 2.23. The number of rotatable bonds is 1. The highest BCUT2D eigenvalue weighted by Gasteiger charge is 1.85. The van der Waals surface area contributed by atoms with Crippen LogP contribution in [0.4, 0.5) is 0 Å². The first kappa shape index (κ1) is 7.80. The molecule has 1 aliphatic rings. The summed E-state index contributed by atoms with van der Waals surface area (Å²) < 4.78 is 0. The second-order valence-electron chi connectivity index (χ2n) is 2.69. The van der Waals surface area contributed by atoms with Crippen LogP contribution in [0, 0.1) is 0 Å². The van der Waals surface area contributed by atoms with Crippen molar-refractivity contribution < 1.29 is 0 Å². The van der Waals surface area contributed by atoms with E-state index in [-0.39, 0.29) is 0 Å². The molecule has 0 bridgehead atoms. The predicted molar refractivity (Wildman–Crippen MR) is 55.4 cm³/mol. The predicted octanol–water partition coefficient (Wildman–Crippen LogP) is 2.96. The lowest BCUT2D eigenvalue weighted by Gasteiger charge is -2.19. The first-order chi connectivity index (χ1) is 6.45. The lowest BCUT2D eigenvalue weighted by molar-refractivity contribution is 1.50. The summed E-state index contributed by atoms with van der Waals surface area (Å²) in [6, 6.07) is 10.1. The third kappa shape index (κ3) is 2.06. The number of nitrogens with zero attached hydrogens (tertiary/aromatic N) is 2. The molecule has 0 saturated carbocycles. The van der Waals surface area contributed by atoms with Gasteiger partial charge in [-0.2, -0.15) is 6.20 Å². The van der Waals surface area contributed by atoms with Crippen molar-refractivity contribution in [1.82, 2.24) is 0 Å². The molecule has 13 heavy (non-hydrogen) atoms. The first-order valence-electron chi connectivity index (χ1n) is 4.11. The molecule has 0 saturated heterocycles. The zero-order chi connectivity index (χ0) is 8.93. The molecule has 0 fully saturated rings. The lowest BCUT2D eigenvalue weighted by Crippen LogP contribution is -1.84. The molecule has 0 atom stereocenters. The van der Waals surface area contributed by atoms with Crippen LogP contribution in [-0.4, -0.2) is 6.21 Å². The number of hydrogen-bond acceptors (Lipinski definition) is 1. The SMILES string of the molecule is C1=C[N-]/C(=C\c2ccccc2)C=N1. The number of allylic oxidation sites excluding steroid dienone is 1. The van der Waals surface area contributed by atoms with E-state index < -0.39 is 0 Å². The van der Waals surface area contributed by atoms with Gasteiger partial charge in [0.05, 0.1) is 0 Å². The van der Waals surface area contributed by atoms with Gasteiger partial charge in [-0.05, 0) is 5.56 Å². The fourth-order valence-electron chi connectivity index (χ4n) is 1.11. The zero-order valence-electron chi connectivity index (χ0n) is 7.09. The zero-order valence-corrected chi connectivity index (χ0v) is 7.09. The molecule has 64 valence electrons. The van der Waals surface area contributed by atoms with Crippen LogP contribution in [0.5, 0.6) is 0 Å². The third-order valence-electron chi connectivity index (χ3n) is 1.70. The normalized spacial score (nSPS) is 17.4. The highest BCUT2D eigenvalue weighted by molar-refractivity contribution is 5.90. The van der Waals surface area contributed by atoms with E-state index in [1.54, 1.807) is 18.6 Å². The van der Waals surface area contributed by atoms with Crippen molar-refractivity contribution in [2.75, 3.05) is 0 Å². The van der Waals surface area contributed by atoms with Crippen LogP contribution in [-0.2, 0) is 0 Å². The van der Waals surface area contributed by atoms with Gasteiger partial charge in [-0.3, -0.25) is 4.99 Å². The largest absolute Gasteiger partial charge is 0.662 e. The van der Waals surface area contributed by atoms with Gasteiger partial charge in [0.2, 0.25) is 0 Å². The van der Waals surface area contributed by atoms with Gasteiger partial charge in [0.25, 0.3) is 0 Å². The molecule has 2 heteroatoms. The molecule has 1 aliphatic heterocycles. The monoisotopic (exact) mass is 169 g/mol. The van der Waals surface area contributed by atoms with Gasteiger partial charge in [-0.1, -0.05) is 36.4 Å². The topological polar surface area (TPSA) is 26.5 Å². The average Bonchev–Trinajstić information content (AvgIpc) is 2.21. The molecule has 0 aliphatic carbocycles. The molecule has 1 heterocycles. The Morgan fingerprint density at radius 3 is 2.69 bits per heavy atom. The third-order valence-corrected chi connectivity index (χ3v) is 1.70. The van der Waals surface area contributed by atoms with Gasteiger partial charge in [0.15, 0.2) is 0 Å². The molecule has 0 radical (unpaired) electrons. The smallest absolute Gasteiger partial charge is 0.0120 e. The van der Waals surface area contributed by atoms with Crippen molar-refractivity contribution >= 4 is 12.3 Å². The maximum absolute atomic E-state index is 4.16. The Morgan fingerprint density at radius 2 is 2.00 bits per heavy atom. The standard InChI is InChI=1S/C11H9N2/c1-2-4-10(5-3-1)8-11-9-12-6-7-13-11/h1-9H/q-1/b11-8-. The quantitative estimate of drug-likeness (QED) is 0.618. The van der Waals surface area contributed by atoms with Gasteiger partial charge >= 0.3 is 0 Å². The van der Waals surface area contributed by atoms with Crippen LogP contribution < -0.4 is 0 Å². The molecule has 2 rings (SSSR count). The summed E-state index contributed by atoms with van der Waals surface area (Å²) in [6.45, 7) is 0. The molecule has 0 spiro atoms. The van der Waals surface area contributed by atoms with E-state index in [2.05, 4.69) is 10.3 Å². The molecule has 0 amide bonds. The molecule has 1 aromatic carbocycles. The number of hydrogen-bond donors (Lipinski definition) is 0. The number of aliphatic imine (C=N–C) groups is 1. The van der Waals surface area contributed by atoms with Crippen LogP contribution in [0.15, 0.2) is 53.4 Å². The van der Waals surface area contributed by atoms with E-state index in [4.69, 9.17) is 0 Å². The summed E-state index contributed by atoms with van der Waals surface area (Å²) >= 11 is 0. The maximum Gasteiger partial charge on any atom is 0.0120 e. The van der Waals surface area contributed by atoms with E-state index in [0.29, 0.717) is 0 Å². The van der Waals surface area contributed by atoms with Crippen LogP contribution >= 0.6 is 0 Å². The van der Waals surface area contributed by atoms with Crippen molar-refractivity contribution in [3.05, 3.63) is 59.3 Å². The fraction of sp³-hybridized carbons (Fsp3) is 0. The minimum Gasteiger partial charge on any atom is -0.662 e. The molecule has 0 unspecified atom stereocenters. The Labute approximate surface area is 77.3 Å². The Bertz CT molecular complexity index is 361. The van der Waals surface area contributed by atoms with Crippen LogP contribution in [0.25, 0.3) is 11.4 Å². The first-order valence-corrected chi connectivity index (χ1v) is 4.11. The Balaban J connectivity index is 2.21. The molecular weight excluding hydrogens is 160 g/mol. The molecule has 0 N–H and O–H groups in total. The molecule has 2 nitrogen and oxygen atoms in total. The van der Waals surface area contributed by atoms with Gasteiger partial charge in [0.1, 0.15) is 0 Å². The minimum absolute atomic E-state index is 0.883. The molecular formula is C11H9N2-. The van der Waals surface area contributed by atoms with Crippen molar-refractivity contribution in [3.8, 4) is 0 Å². The van der Waals surface area contributed by atoms with Gasteiger partial charge in [0, 0.05) is 12.4 Å². The van der Waals surface area contributed by atoms with Crippen LogP contribution in [0.2, 0.25) is 0 Å². The van der Waals surface area contributed by atoms with Crippen molar-refractivity contribution in [2.45, 2.75) is 0 Å². The second kappa shape index (κ2) is 3.72. The molecule has 0 aromatic heterocycles. The van der Waals surface area contributed by atoms with Crippen molar-refractivity contribution in [1.29, 1.82) is 0 Å². The minimum atomic E-state index is 0.883. The van der Waals surface area contributed by atoms with E-state index in [9.17, 15) is 0 Å². The highest BCUT2D eigenvalue weighted by atomic mass is 14.9. The Morgan fingerprint density at radius 1 is 1.15 bits per heavy atom. The van der Waals surface area contributed by atoms with E-state index in [1.807, 2.05) is 36.4 Å². The van der Waals surface area contributed by atoms with Gasteiger partial charge in [-0.15, -0.1) is 5.70 Å². The van der Waals surface area contributed by atoms with Crippen LogP contribution in [0.1, 0.15) is 5.56 Å². The lowest BCUT2D eigenvalue weighted by atomic mass is 10.2. The van der Waals surface area contributed by atoms with Gasteiger partial charge in [-0.25, -0.2) is 0 Å². The van der Waals surface area contributed by atoms with Crippen LogP contribution in [0.3, 0.4) is 0 Å². The summed E-state index contributed by atoms with van der Waals surface area (Å²) in [5.41, 5.74) is 2.02. The number of benzene rings is 1. The maximum atomic E-state index is 4.16. The summed E-state index contributed by atoms with van der Waals surface area (Å²) in [4.78, 5) is 3.99. The fourth-order valence-corrected chi connectivity index (χ4v) is 1.11. The summed E-state index contributed by atoms with van der Waals surface area (Å²) in [6.07, 6.45) is 7.09. The van der Waals surface area contributed by atoms with Gasteiger partial charge < -0.3 is 5.32 Å². The summed E-state index contributed by atoms with van der Waals surface area (Å²) in [5, 5.41) is 4.16. The highest BCUT2D eigenvalue weighted by Crippen LogP contribution is 2.13. The van der Waals surface area contributed by atoms with E-state index >= 15 is 0 Å². The van der Waals surface area contributed by atoms with Crippen molar-refractivity contribution in [3.63, 3.8) is 0 Å². The molecule has 1 aromatic rings. The van der Waals surface area contributed by atoms with Crippen molar-refractivity contribution in [2.24, 2.45) is 4.99 Å². The Hall–Kier alpha value is -1.83. The summed E-state index contributed by atoms with van der Waals surface area (Å²) in [5.74, 6) is 0. The van der Waals surface area contributed by atoms with E-state index in [0.717, 1.165) is 11.3 Å². The second-order valence-corrected chi connectivity index (χ2v) is 2.69. The average molecular weight is 169 g/mol. The summed E-state index contributed by atoms with van der Waals surface area (Å²) in [7, 11) is 0.